The van der Waals surface area contributed by atoms with Gasteiger partial charge in [0.25, 0.3) is 5.91 Å². The Kier molecular flexibility index (Phi) is 4.20. The molecular formula is C15H11Cl2N3OS. The van der Waals surface area contributed by atoms with E-state index in [1.807, 2.05) is 23.6 Å². The van der Waals surface area contributed by atoms with E-state index in [4.69, 9.17) is 23.2 Å². The minimum absolute atomic E-state index is 0.255. The number of benzene rings is 1. The Balaban J connectivity index is 1.82. The molecule has 0 spiro atoms. The van der Waals surface area contributed by atoms with Crippen LogP contribution in [0.3, 0.4) is 0 Å². The molecule has 2 heterocycles. The molecule has 22 heavy (non-hydrogen) atoms. The maximum atomic E-state index is 12.2. The molecule has 0 saturated carbocycles. The van der Waals surface area contributed by atoms with Crippen molar-refractivity contribution in [3.05, 3.63) is 57.6 Å². The summed E-state index contributed by atoms with van der Waals surface area (Å²) in [5, 5.41) is 6.28. The summed E-state index contributed by atoms with van der Waals surface area (Å²) < 4.78 is 1.67. The van der Waals surface area contributed by atoms with Crippen LogP contribution in [0.1, 0.15) is 10.5 Å². The van der Waals surface area contributed by atoms with Gasteiger partial charge in [0.15, 0.2) is 5.13 Å². The molecular weight excluding hydrogens is 341 g/mol. The lowest BCUT2D eigenvalue weighted by Gasteiger charge is -2.02. The monoisotopic (exact) mass is 351 g/mol. The summed E-state index contributed by atoms with van der Waals surface area (Å²) in [5.41, 5.74) is 2.04. The summed E-state index contributed by atoms with van der Waals surface area (Å²) in [4.78, 5) is 16.6. The number of carbonyl (C=O) groups is 1. The fourth-order valence-corrected chi connectivity index (χ4v) is 3.22. The summed E-state index contributed by atoms with van der Waals surface area (Å²) in [6.07, 6.45) is 1.67. The van der Waals surface area contributed by atoms with Crippen molar-refractivity contribution in [1.29, 1.82) is 0 Å². The third-order valence-corrected chi connectivity index (χ3v) is 4.37. The lowest BCUT2D eigenvalue weighted by Crippen LogP contribution is -2.15. The van der Waals surface area contributed by atoms with Crippen molar-refractivity contribution < 1.29 is 4.79 Å². The topological polar surface area (TPSA) is 46.9 Å². The van der Waals surface area contributed by atoms with Crippen LogP contribution >= 0.6 is 34.5 Å². The maximum Gasteiger partial charge on any atom is 0.274 e. The summed E-state index contributed by atoms with van der Waals surface area (Å²) in [6.45, 7) is 0. The Morgan fingerprint density at radius 2 is 2.09 bits per heavy atom. The van der Waals surface area contributed by atoms with Gasteiger partial charge in [-0.3, -0.25) is 10.1 Å². The normalized spacial score (nSPS) is 10.7. The second-order valence-corrected chi connectivity index (χ2v) is 6.33. The third-order valence-electron chi connectivity index (χ3n) is 3.08. The van der Waals surface area contributed by atoms with Crippen molar-refractivity contribution in [2.24, 2.45) is 7.05 Å². The molecule has 4 nitrogen and oxygen atoms in total. The molecule has 2 aromatic heterocycles. The number of carbonyl (C=O) groups excluding carboxylic acids is 1. The number of hydrogen-bond acceptors (Lipinski definition) is 3. The first kappa shape index (κ1) is 15.1. The van der Waals surface area contributed by atoms with Gasteiger partial charge in [0.2, 0.25) is 0 Å². The fraction of sp³-hybridized carbons (Fsp3) is 0.0667. The van der Waals surface area contributed by atoms with Gasteiger partial charge in [-0.05, 0) is 12.1 Å². The van der Waals surface area contributed by atoms with E-state index in [0.29, 0.717) is 20.9 Å². The first-order valence-corrected chi connectivity index (χ1v) is 8.02. The zero-order valence-electron chi connectivity index (χ0n) is 11.5. The second-order valence-electron chi connectivity index (χ2n) is 4.63. The van der Waals surface area contributed by atoms with Crippen LogP contribution in [-0.2, 0) is 7.05 Å². The van der Waals surface area contributed by atoms with Crippen molar-refractivity contribution in [2.75, 3.05) is 5.32 Å². The number of aromatic nitrogens is 2. The standard InChI is InChI=1S/C15H11Cl2N3OS/c1-20-7-9(16)6-13(20)14(21)19-15-18-12(8-22-15)10-4-2-3-5-11(10)17/h2-8H,1H3,(H,18,19,21). The largest absolute Gasteiger partial charge is 0.345 e. The predicted molar refractivity (Wildman–Crippen MR) is 90.9 cm³/mol. The number of amides is 1. The van der Waals surface area contributed by atoms with Crippen LogP contribution in [-0.4, -0.2) is 15.5 Å². The average Bonchev–Trinajstić information content (AvgIpc) is 3.06. The van der Waals surface area contributed by atoms with Crippen molar-refractivity contribution in [1.82, 2.24) is 9.55 Å². The van der Waals surface area contributed by atoms with Gasteiger partial charge in [0.1, 0.15) is 5.69 Å². The number of nitrogens with zero attached hydrogens (tertiary/aromatic N) is 2. The number of nitrogens with one attached hydrogen (secondary N) is 1. The molecule has 3 aromatic rings. The highest BCUT2D eigenvalue weighted by Crippen LogP contribution is 2.30. The molecule has 0 aliphatic rings. The summed E-state index contributed by atoms with van der Waals surface area (Å²) in [7, 11) is 1.76. The van der Waals surface area contributed by atoms with Crippen molar-refractivity contribution in [3.63, 3.8) is 0 Å². The Bertz CT molecular complexity index is 841. The Morgan fingerprint density at radius 3 is 2.77 bits per heavy atom. The van der Waals surface area contributed by atoms with Crippen LogP contribution in [0, 0.1) is 0 Å². The molecule has 0 atom stereocenters. The molecule has 112 valence electrons. The molecule has 0 unspecified atom stereocenters. The lowest BCUT2D eigenvalue weighted by atomic mass is 10.2. The van der Waals surface area contributed by atoms with Gasteiger partial charge in [0.05, 0.1) is 10.7 Å². The number of aryl methyl sites for hydroxylation is 1. The van der Waals surface area contributed by atoms with E-state index in [1.54, 1.807) is 29.9 Å². The quantitative estimate of drug-likeness (QED) is 0.742. The first-order chi connectivity index (χ1) is 10.5. The molecule has 0 aliphatic carbocycles. The molecule has 1 aromatic carbocycles. The molecule has 0 bridgehead atoms. The Hall–Kier alpha value is -1.82. The fourth-order valence-electron chi connectivity index (χ4n) is 2.03. The van der Waals surface area contributed by atoms with Gasteiger partial charge >= 0.3 is 0 Å². The zero-order chi connectivity index (χ0) is 15.7. The number of anilines is 1. The number of rotatable bonds is 3. The molecule has 1 N–H and O–H groups in total. The molecule has 0 aliphatic heterocycles. The molecule has 0 fully saturated rings. The number of halogens is 2. The highest BCUT2D eigenvalue weighted by atomic mass is 35.5. The van der Waals surface area contributed by atoms with E-state index in [2.05, 4.69) is 10.3 Å². The van der Waals surface area contributed by atoms with Gasteiger partial charge in [-0.1, -0.05) is 41.4 Å². The molecule has 1 amide bonds. The van der Waals surface area contributed by atoms with Crippen LogP contribution in [0.4, 0.5) is 5.13 Å². The highest BCUT2D eigenvalue weighted by Gasteiger charge is 2.14. The summed E-state index contributed by atoms with van der Waals surface area (Å²) >= 11 is 13.4. The Morgan fingerprint density at radius 1 is 1.32 bits per heavy atom. The van der Waals surface area contributed by atoms with Crippen molar-refractivity contribution >= 4 is 45.6 Å². The molecule has 0 radical (unpaired) electrons. The van der Waals surface area contributed by atoms with Gasteiger partial charge < -0.3 is 4.57 Å². The highest BCUT2D eigenvalue weighted by molar-refractivity contribution is 7.14. The van der Waals surface area contributed by atoms with Crippen molar-refractivity contribution in [3.8, 4) is 11.3 Å². The smallest absolute Gasteiger partial charge is 0.274 e. The first-order valence-electron chi connectivity index (χ1n) is 6.38. The van der Waals surface area contributed by atoms with E-state index in [9.17, 15) is 4.79 Å². The summed E-state index contributed by atoms with van der Waals surface area (Å²) in [6, 6.07) is 9.06. The third kappa shape index (κ3) is 3.02. The van der Waals surface area contributed by atoms with E-state index in [0.717, 1.165) is 11.3 Å². The maximum absolute atomic E-state index is 12.2. The van der Waals surface area contributed by atoms with E-state index in [1.165, 1.54) is 11.3 Å². The van der Waals surface area contributed by atoms with Crippen LogP contribution in [0.25, 0.3) is 11.3 Å². The second kappa shape index (κ2) is 6.12. The minimum Gasteiger partial charge on any atom is -0.345 e. The minimum atomic E-state index is -0.255. The van der Waals surface area contributed by atoms with Crippen LogP contribution < -0.4 is 5.32 Å². The molecule has 3 rings (SSSR count). The Labute approximate surface area is 141 Å². The SMILES string of the molecule is Cn1cc(Cl)cc1C(=O)Nc1nc(-c2ccccc2Cl)cs1. The summed E-state index contributed by atoms with van der Waals surface area (Å²) in [5.74, 6) is -0.255. The van der Waals surface area contributed by atoms with E-state index < -0.39 is 0 Å². The van der Waals surface area contributed by atoms with Crippen LogP contribution in [0.15, 0.2) is 41.9 Å². The lowest BCUT2D eigenvalue weighted by molar-refractivity contribution is 0.101. The van der Waals surface area contributed by atoms with E-state index in [-0.39, 0.29) is 5.91 Å². The van der Waals surface area contributed by atoms with Gasteiger partial charge in [-0.15, -0.1) is 11.3 Å². The van der Waals surface area contributed by atoms with Crippen molar-refractivity contribution in [2.45, 2.75) is 0 Å². The molecule has 7 heteroatoms. The van der Waals surface area contributed by atoms with Gasteiger partial charge in [-0.25, -0.2) is 4.98 Å². The van der Waals surface area contributed by atoms with E-state index >= 15 is 0 Å². The van der Waals surface area contributed by atoms with Gasteiger partial charge in [-0.2, -0.15) is 0 Å². The predicted octanol–water partition coefficient (Wildman–Crippen LogP) is 4.71. The number of hydrogen-bond donors (Lipinski definition) is 1. The van der Waals surface area contributed by atoms with Gasteiger partial charge in [0, 0.05) is 29.2 Å². The number of thiazole rings is 1. The van der Waals surface area contributed by atoms with Crippen LogP contribution in [0.2, 0.25) is 10.0 Å². The average molecular weight is 352 g/mol. The molecule has 0 saturated heterocycles. The van der Waals surface area contributed by atoms with Crippen LogP contribution in [0.5, 0.6) is 0 Å². The zero-order valence-corrected chi connectivity index (χ0v) is 13.8.